The van der Waals surface area contributed by atoms with Gasteiger partial charge in [-0.05, 0) is 12.8 Å². The lowest BCUT2D eigenvalue weighted by Crippen LogP contribution is -2.25. The number of hydrogen-bond donors (Lipinski definition) is 1. The van der Waals surface area contributed by atoms with E-state index in [0.29, 0.717) is 5.82 Å². The van der Waals surface area contributed by atoms with Crippen molar-refractivity contribution in [3.8, 4) is 0 Å². The Morgan fingerprint density at radius 1 is 1.19 bits per heavy atom. The van der Waals surface area contributed by atoms with E-state index in [1.54, 1.807) is 6.20 Å². The molecule has 0 spiro atoms. The highest BCUT2D eigenvalue weighted by atomic mass is 16.4. The van der Waals surface area contributed by atoms with E-state index >= 15 is 0 Å². The van der Waals surface area contributed by atoms with Crippen LogP contribution in [0.3, 0.4) is 0 Å². The van der Waals surface area contributed by atoms with Gasteiger partial charge in [0.25, 0.3) is 0 Å². The summed E-state index contributed by atoms with van der Waals surface area (Å²) in [5.74, 6) is -0.342. The molecular formula is C11H15N3O2. The molecule has 0 aromatic carbocycles. The van der Waals surface area contributed by atoms with Gasteiger partial charge >= 0.3 is 5.97 Å². The minimum Gasteiger partial charge on any atom is -0.476 e. The fourth-order valence-electron chi connectivity index (χ4n) is 1.91. The zero-order valence-electron chi connectivity index (χ0n) is 9.09. The zero-order chi connectivity index (χ0) is 11.4. The van der Waals surface area contributed by atoms with Gasteiger partial charge in [-0.15, -0.1) is 0 Å². The van der Waals surface area contributed by atoms with Crippen LogP contribution in [0.4, 0.5) is 5.82 Å². The van der Waals surface area contributed by atoms with E-state index in [1.807, 2.05) is 0 Å². The molecule has 0 radical (unpaired) electrons. The van der Waals surface area contributed by atoms with Crippen molar-refractivity contribution in [3.63, 3.8) is 0 Å². The summed E-state index contributed by atoms with van der Waals surface area (Å²) in [5.41, 5.74) is 0.0155. The average molecular weight is 221 g/mol. The van der Waals surface area contributed by atoms with Crippen LogP contribution in [-0.4, -0.2) is 34.1 Å². The van der Waals surface area contributed by atoms with Gasteiger partial charge in [-0.1, -0.05) is 12.8 Å². The molecule has 1 aromatic heterocycles. The molecule has 16 heavy (non-hydrogen) atoms. The van der Waals surface area contributed by atoms with E-state index in [1.165, 1.54) is 19.0 Å². The average Bonchev–Trinajstić information content (AvgIpc) is 2.57. The minimum atomic E-state index is -1.02. The summed E-state index contributed by atoms with van der Waals surface area (Å²) >= 11 is 0. The van der Waals surface area contributed by atoms with E-state index < -0.39 is 5.97 Å². The molecule has 0 atom stereocenters. The van der Waals surface area contributed by atoms with Gasteiger partial charge in [0.05, 0.1) is 12.4 Å². The molecule has 1 fully saturated rings. The van der Waals surface area contributed by atoms with Crippen LogP contribution in [-0.2, 0) is 0 Å². The zero-order valence-corrected chi connectivity index (χ0v) is 9.09. The monoisotopic (exact) mass is 221 g/mol. The van der Waals surface area contributed by atoms with E-state index in [2.05, 4.69) is 14.9 Å². The first-order chi connectivity index (χ1) is 7.77. The number of rotatable bonds is 2. The summed E-state index contributed by atoms with van der Waals surface area (Å²) < 4.78 is 0. The van der Waals surface area contributed by atoms with Crippen molar-refractivity contribution in [3.05, 3.63) is 18.1 Å². The number of nitrogens with zero attached hydrogens (tertiary/aromatic N) is 3. The Kier molecular flexibility index (Phi) is 3.34. The van der Waals surface area contributed by atoms with Gasteiger partial charge in [-0.25, -0.2) is 9.78 Å². The van der Waals surface area contributed by atoms with Crippen molar-refractivity contribution in [2.75, 3.05) is 18.0 Å². The highest BCUT2D eigenvalue weighted by Crippen LogP contribution is 2.16. The van der Waals surface area contributed by atoms with Crippen LogP contribution in [0.25, 0.3) is 0 Å². The van der Waals surface area contributed by atoms with E-state index in [-0.39, 0.29) is 5.69 Å². The molecule has 86 valence electrons. The summed E-state index contributed by atoms with van der Waals surface area (Å²) in [4.78, 5) is 20.9. The summed E-state index contributed by atoms with van der Waals surface area (Å²) in [7, 11) is 0. The molecule has 1 N–H and O–H groups in total. The van der Waals surface area contributed by atoms with E-state index in [9.17, 15) is 4.79 Å². The molecule has 2 heterocycles. The maximum atomic E-state index is 10.8. The third-order valence-electron chi connectivity index (χ3n) is 2.77. The van der Waals surface area contributed by atoms with Crippen LogP contribution in [0.2, 0.25) is 0 Å². The molecule has 1 aliphatic rings. The Balaban J connectivity index is 2.18. The number of carboxylic acids is 1. The van der Waals surface area contributed by atoms with Gasteiger partial charge in [0.15, 0.2) is 5.69 Å². The molecule has 5 heteroatoms. The van der Waals surface area contributed by atoms with Gasteiger partial charge in [0.1, 0.15) is 5.82 Å². The minimum absolute atomic E-state index is 0.0155. The second kappa shape index (κ2) is 4.92. The first-order valence-corrected chi connectivity index (χ1v) is 5.57. The molecule has 1 saturated heterocycles. The Morgan fingerprint density at radius 2 is 1.88 bits per heavy atom. The van der Waals surface area contributed by atoms with Crippen LogP contribution in [0.1, 0.15) is 36.2 Å². The molecular weight excluding hydrogens is 206 g/mol. The Hall–Kier alpha value is -1.65. The predicted molar refractivity (Wildman–Crippen MR) is 59.7 cm³/mol. The first kappa shape index (κ1) is 10.9. The number of carboxylic acid groups (broad SMARTS) is 1. The maximum absolute atomic E-state index is 10.8. The van der Waals surface area contributed by atoms with Crippen molar-refractivity contribution in [2.24, 2.45) is 0 Å². The Morgan fingerprint density at radius 3 is 2.50 bits per heavy atom. The van der Waals surface area contributed by atoms with Crippen molar-refractivity contribution < 1.29 is 9.90 Å². The van der Waals surface area contributed by atoms with Crippen LogP contribution in [0.5, 0.6) is 0 Å². The first-order valence-electron chi connectivity index (χ1n) is 5.57. The summed E-state index contributed by atoms with van der Waals surface area (Å²) in [6.45, 7) is 1.88. The second-order valence-electron chi connectivity index (χ2n) is 3.97. The topological polar surface area (TPSA) is 66.3 Å². The van der Waals surface area contributed by atoms with E-state index in [0.717, 1.165) is 25.9 Å². The second-order valence-corrected chi connectivity index (χ2v) is 3.97. The largest absolute Gasteiger partial charge is 0.476 e. The molecule has 0 saturated carbocycles. The van der Waals surface area contributed by atoms with Gasteiger partial charge < -0.3 is 10.0 Å². The maximum Gasteiger partial charge on any atom is 0.356 e. The lowest BCUT2D eigenvalue weighted by Gasteiger charge is -2.20. The number of aromatic carboxylic acids is 1. The number of aromatic nitrogens is 2. The quantitative estimate of drug-likeness (QED) is 0.820. The van der Waals surface area contributed by atoms with Crippen molar-refractivity contribution in [1.82, 2.24) is 9.97 Å². The van der Waals surface area contributed by atoms with Crippen LogP contribution < -0.4 is 4.90 Å². The van der Waals surface area contributed by atoms with Crippen LogP contribution in [0.15, 0.2) is 12.4 Å². The van der Waals surface area contributed by atoms with Gasteiger partial charge in [0, 0.05) is 13.1 Å². The molecule has 0 unspecified atom stereocenters. The molecule has 0 aliphatic carbocycles. The smallest absolute Gasteiger partial charge is 0.356 e. The molecule has 5 nitrogen and oxygen atoms in total. The van der Waals surface area contributed by atoms with Crippen molar-refractivity contribution in [2.45, 2.75) is 25.7 Å². The van der Waals surface area contributed by atoms with Crippen molar-refractivity contribution in [1.29, 1.82) is 0 Å². The lowest BCUT2D eigenvalue weighted by molar-refractivity contribution is 0.0690. The third kappa shape index (κ3) is 2.48. The van der Waals surface area contributed by atoms with Crippen LogP contribution in [0, 0.1) is 0 Å². The van der Waals surface area contributed by atoms with Gasteiger partial charge in [-0.3, -0.25) is 4.98 Å². The number of anilines is 1. The fourth-order valence-corrected chi connectivity index (χ4v) is 1.91. The Bertz CT molecular complexity index is 373. The molecule has 1 aliphatic heterocycles. The molecule has 0 bridgehead atoms. The molecule has 0 amide bonds. The van der Waals surface area contributed by atoms with E-state index in [4.69, 9.17) is 5.11 Å². The summed E-state index contributed by atoms with van der Waals surface area (Å²) in [6.07, 6.45) is 7.67. The lowest BCUT2D eigenvalue weighted by atomic mass is 10.2. The van der Waals surface area contributed by atoms with Crippen molar-refractivity contribution >= 4 is 11.8 Å². The van der Waals surface area contributed by atoms with Crippen LogP contribution >= 0.6 is 0 Å². The SMILES string of the molecule is O=C(O)c1cncc(N2CCCCCC2)n1. The standard InChI is InChI=1S/C11H15N3O2/c15-11(16)9-7-12-8-10(13-9)14-5-3-1-2-4-6-14/h7-8H,1-6H2,(H,15,16). The third-order valence-corrected chi connectivity index (χ3v) is 2.77. The van der Waals surface area contributed by atoms with Gasteiger partial charge in [-0.2, -0.15) is 0 Å². The molecule has 2 rings (SSSR count). The highest BCUT2D eigenvalue weighted by Gasteiger charge is 2.13. The fraction of sp³-hybridized carbons (Fsp3) is 0.545. The summed E-state index contributed by atoms with van der Waals surface area (Å²) in [6, 6.07) is 0. The highest BCUT2D eigenvalue weighted by molar-refractivity contribution is 5.85. The molecule has 1 aromatic rings. The predicted octanol–water partition coefficient (Wildman–Crippen LogP) is 1.56. The number of hydrogen-bond acceptors (Lipinski definition) is 4. The Labute approximate surface area is 94.1 Å². The summed E-state index contributed by atoms with van der Waals surface area (Å²) in [5, 5.41) is 8.84. The number of carbonyl (C=O) groups is 1. The normalized spacial score (nSPS) is 16.9. The van der Waals surface area contributed by atoms with Gasteiger partial charge in [0.2, 0.25) is 0 Å².